The fourth-order valence-electron chi connectivity index (χ4n) is 2.20. The van der Waals surface area contributed by atoms with Crippen molar-refractivity contribution in [3.63, 3.8) is 0 Å². The van der Waals surface area contributed by atoms with Gasteiger partial charge in [0.05, 0.1) is 6.61 Å². The van der Waals surface area contributed by atoms with Gasteiger partial charge in [0.1, 0.15) is 0 Å². The molecule has 0 amide bonds. The fraction of sp³-hybridized carbons (Fsp3) is 0.750. The third-order valence-corrected chi connectivity index (χ3v) is 4.14. The van der Waals surface area contributed by atoms with Crippen molar-refractivity contribution in [1.82, 2.24) is 0 Å². The van der Waals surface area contributed by atoms with Gasteiger partial charge in [0.15, 0.2) is 5.41 Å². The number of halogens is 1. The molecule has 3 rings (SSSR count). The zero-order valence-electron chi connectivity index (χ0n) is 6.88. The van der Waals surface area contributed by atoms with Gasteiger partial charge in [-0.3, -0.25) is 9.59 Å². The highest BCUT2D eigenvalue weighted by Crippen LogP contribution is 2.59. The lowest BCUT2D eigenvalue weighted by atomic mass is 9.52. The first-order valence-corrected chi connectivity index (χ1v) is 5.13. The van der Waals surface area contributed by atoms with E-state index in [-0.39, 0.29) is 5.41 Å². The molecule has 1 saturated carbocycles. The largest absolute Gasteiger partial charge is 0.480 e. The van der Waals surface area contributed by atoms with E-state index in [1.54, 1.807) is 0 Å². The first kappa shape index (κ1) is 8.99. The van der Waals surface area contributed by atoms with E-state index < -0.39 is 17.4 Å². The minimum absolute atomic E-state index is 0.119. The third kappa shape index (κ3) is 0.964. The molecule has 1 aliphatic carbocycles. The van der Waals surface area contributed by atoms with Crippen molar-refractivity contribution in [2.24, 2.45) is 10.8 Å². The maximum atomic E-state index is 11.2. The van der Waals surface area contributed by atoms with Crippen LogP contribution in [0.4, 0.5) is 0 Å². The number of alkyl halides is 1. The van der Waals surface area contributed by atoms with Crippen LogP contribution in [0.15, 0.2) is 0 Å². The molecule has 2 bridgehead atoms. The number of hydrogen-bond donors (Lipinski definition) is 1. The lowest BCUT2D eigenvalue weighted by Crippen LogP contribution is -2.63. The molecule has 3 fully saturated rings. The van der Waals surface area contributed by atoms with Gasteiger partial charge >= 0.3 is 11.9 Å². The SMILES string of the molecule is O=C(O)C12CC(CBr)(COC1=O)C2. The van der Waals surface area contributed by atoms with Gasteiger partial charge in [-0.2, -0.15) is 0 Å². The zero-order chi connectivity index (χ0) is 9.69. The van der Waals surface area contributed by atoms with Crippen molar-refractivity contribution in [1.29, 1.82) is 0 Å². The smallest absolute Gasteiger partial charge is 0.323 e. The molecule has 4 nitrogen and oxygen atoms in total. The van der Waals surface area contributed by atoms with Gasteiger partial charge in [0.2, 0.25) is 0 Å². The van der Waals surface area contributed by atoms with Gasteiger partial charge < -0.3 is 9.84 Å². The Bertz CT molecular complexity index is 280. The average molecular weight is 249 g/mol. The summed E-state index contributed by atoms with van der Waals surface area (Å²) in [6, 6.07) is 0. The van der Waals surface area contributed by atoms with Gasteiger partial charge in [-0.1, -0.05) is 15.9 Å². The molecule has 5 heteroatoms. The maximum absolute atomic E-state index is 11.2. The Kier molecular flexibility index (Phi) is 1.71. The normalized spacial score (nSPS) is 42.1. The molecule has 0 unspecified atom stereocenters. The van der Waals surface area contributed by atoms with Crippen molar-refractivity contribution < 1.29 is 19.4 Å². The molecule has 0 atom stereocenters. The molecule has 72 valence electrons. The predicted octanol–water partition coefficient (Wildman–Crippen LogP) is 0.789. The van der Waals surface area contributed by atoms with Crippen LogP contribution >= 0.6 is 15.9 Å². The van der Waals surface area contributed by atoms with Crippen molar-refractivity contribution >= 4 is 27.9 Å². The van der Waals surface area contributed by atoms with Crippen LogP contribution in [0.25, 0.3) is 0 Å². The Balaban J connectivity index is 2.25. The second-order valence-electron chi connectivity index (χ2n) is 3.95. The van der Waals surface area contributed by atoms with Gasteiger partial charge in [0.25, 0.3) is 0 Å². The molecule has 0 aromatic carbocycles. The lowest BCUT2D eigenvalue weighted by molar-refractivity contribution is -0.211. The Hall–Kier alpha value is -0.580. The Morgan fingerprint density at radius 3 is 2.69 bits per heavy atom. The Morgan fingerprint density at radius 1 is 1.62 bits per heavy atom. The first-order valence-electron chi connectivity index (χ1n) is 4.01. The van der Waals surface area contributed by atoms with Gasteiger partial charge in [0, 0.05) is 10.7 Å². The molecule has 2 saturated heterocycles. The molecule has 0 radical (unpaired) electrons. The molecule has 2 heterocycles. The molecule has 0 aromatic rings. The summed E-state index contributed by atoms with van der Waals surface area (Å²) in [4.78, 5) is 22.1. The lowest BCUT2D eigenvalue weighted by Gasteiger charge is -2.55. The number of carbonyl (C=O) groups excluding carboxylic acids is 1. The fourth-order valence-corrected chi connectivity index (χ4v) is 2.76. The van der Waals surface area contributed by atoms with Crippen LogP contribution < -0.4 is 0 Å². The summed E-state index contributed by atoms with van der Waals surface area (Å²) in [7, 11) is 0. The molecule has 0 aromatic heterocycles. The Labute approximate surface area is 83.4 Å². The van der Waals surface area contributed by atoms with Crippen LogP contribution in [0.1, 0.15) is 12.8 Å². The minimum atomic E-state index is -1.23. The number of carboxylic acids is 1. The van der Waals surface area contributed by atoms with E-state index in [0.717, 1.165) is 0 Å². The van der Waals surface area contributed by atoms with E-state index in [1.165, 1.54) is 0 Å². The van der Waals surface area contributed by atoms with Crippen molar-refractivity contribution in [2.45, 2.75) is 12.8 Å². The number of hydrogen-bond acceptors (Lipinski definition) is 3. The summed E-state index contributed by atoms with van der Waals surface area (Å²) in [6.07, 6.45) is 0.832. The van der Waals surface area contributed by atoms with Crippen LogP contribution in [-0.2, 0) is 14.3 Å². The van der Waals surface area contributed by atoms with Crippen molar-refractivity contribution in [2.75, 3.05) is 11.9 Å². The monoisotopic (exact) mass is 248 g/mol. The molecule has 13 heavy (non-hydrogen) atoms. The number of carbonyl (C=O) groups is 2. The molecular formula is C8H9BrO4. The van der Waals surface area contributed by atoms with E-state index in [2.05, 4.69) is 15.9 Å². The molecule has 3 aliphatic rings. The predicted molar refractivity (Wildman–Crippen MR) is 46.5 cm³/mol. The number of rotatable bonds is 2. The molecule has 1 N–H and O–H groups in total. The van der Waals surface area contributed by atoms with Gasteiger partial charge in [-0.15, -0.1) is 0 Å². The number of ether oxygens (including phenoxy) is 1. The third-order valence-electron chi connectivity index (χ3n) is 2.95. The number of fused-ring (bicyclic) bond motifs is 2. The van der Waals surface area contributed by atoms with Crippen LogP contribution in [-0.4, -0.2) is 29.0 Å². The first-order chi connectivity index (χ1) is 6.05. The van der Waals surface area contributed by atoms with Gasteiger partial charge in [-0.25, -0.2) is 0 Å². The average Bonchev–Trinajstić information content (AvgIpc) is 2.03. The maximum Gasteiger partial charge on any atom is 0.323 e. The quantitative estimate of drug-likeness (QED) is 0.446. The van der Waals surface area contributed by atoms with Crippen molar-refractivity contribution in [3.05, 3.63) is 0 Å². The molecular weight excluding hydrogens is 240 g/mol. The van der Waals surface area contributed by atoms with Gasteiger partial charge in [-0.05, 0) is 12.8 Å². The second kappa shape index (κ2) is 2.47. The summed E-state index contributed by atoms with van der Waals surface area (Å²) in [5.74, 6) is -1.61. The van der Waals surface area contributed by atoms with Crippen LogP contribution in [0, 0.1) is 10.8 Å². The highest BCUT2D eigenvalue weighted by molar-refractivity contribution is 9.09. The van der Waals surface area contributed by atoms with E-state index >= 15 is 0 Å². The summed E-state index contributed by atoms with van der Waals surface area (Å²) >= 11 is 3.31. The second-order valence-corrected chi connectivity index (χ2v) is 4.51. The minimum Gasteiger partial charge on any atom is -0.480 e. The number of aliphatic carboxylic acids is 1. The topological polar surface area (TPSA) is 63.6 Å². The van der Waals surface area contributed by atoms with E-state index in [0.29, 0.717) is 24.8 Å². The summed E-state index contributed by atoms with van der Waals surface area (Å²) < 4.78 is 4.85. The van der Waals surface area contributed by atoms with Crippen molar-refractivity contribution in [3.8, 4) is 0 Å². The standard InChI is InChI=1S/C8H9BrO4/c9-3-7-1-8(2-7,5(10)11)6(12)13-4-7/h1-4H2,(H,10,11). The zero-order valence-corrected chi connectivity index (χ0v) is 8.46. The highest BCUT2D eigenvalue weighted by Gasteiger charge is 2.67. The van der Waals surface area contributed by atoms with Crippen LogP contribution in [0.5, 0.6) is 0 Å². The van der Waals surface area contributed by atoms with Crippen LogP contribution in [0.3, 0.4) is 0 Å². The molecule has 2 aliphatic heterocycles. The number of esters is 1. The van der Waals surface area contributed by atoms with E-state index in [4.69, 9.17) is 9.84 Å². The Morgan fingerprint density at radius 2 is 2.23 bits per heavy atom. The highest BCUT2D eigenvalue weighted by atomic mass is 79.9. The number of carboxylic acid groups (broad SMARTS) is 1. The van der Waals surface area contributed by atoms with Crippen LogP contribution in [0.2, 0.25) is 0 Å². The summed E-state index contributed by atoms with van der Waals surface area (Å²) in [5.41, 5.74) is -1.35. The molecule has 0 spiro atoms. The van der Waals surface area contributed by atoms with E-state index in [1.807, 2.05) is 0 Å². The summed E-state index contributed by atoms with van der Waals surface area (Å²) in [6.45, 7) is 0.353. The summed E-state index contributed by atoms with van der Waals surface area (Å²) in [5, 5.41) is 9.60. The van der Waals surface area contributed by atoms with E-state index in [9.17, 15) is 9.59 Å².